The summed E-state index contributed by atoms with van der Waals surface area (Å²) in [6.07, 6.45) is 3.70. The molecular weight excluding hydrogens is 385 g/mol. The topological polar surface area (TPSA) is 61.8 Å². The molecule has 2 aliphatic rings. The molecule has 2 aliphatic heterocycles. The molecule has 2 saturated heterocycles. The number of anilines is 2. The Morgan fingerprint density at radius 1 is 0.967 bits per heavy atom. The van der Waals surface area contributed by atoms with E-state index in [-0.39, 0.29) is 18.3 Å². The third-order valence-electron chi connectivity index (χ3n) is 5.60. The van der Waals surface area contributed by atoms with Crippen LogP contribution in [0.1, 0.15) is 25.0 Å². The lowest BCUT2D eigenvalue weighted by Gasteiger charge is -2.35. The first-order valence-electron chi connectivity index (χ1n) is 10.6. The number of carbonyl (C=O) groups is 1. The normalized spacial score (nSPS) is 17.2. The summed E-state index contributed by atoms with van der Waals surface area (Å²) in [5, 5.41) is 0. The number of piperidine rings is 1. The zero-order chi connectivity index (χ0) is 20.9. The second kappa shape index (κ2) is 9.28. The highest BCUT2D eigenvalue weighted by Crippen LogP contribution is 2.22. The van der Waals surface area contributed by atoms with Crippen molar-refractivity contribution >= 4 is 17.7 Å². The fourth-order valence-corrected chi connectivity index (χ4v) is 3.89. The van der Waals surface area contributed by atoms with Crippen LogP contribution in [0.5, 0.6) is 5.75 Å². The number of rotatable bonds is 5. The zero-order valence-corrected chi connectivity index (χ0v) is 17.4. The lowest BCUT2D eigenvalue weighted by Crippen LogP contribution is -2.50. The third kappa shape index (κ3) is 4.98. The van der Waals surface area contributed by atoms with Crippen LogP contribution < -0.4 is 14.5 Å². The second-order valence-electron chi connectivity index (χ2n) is 7.83. The quantitative estimate of drug-likeness (QED) is 0.751. The van der Waals surface area contributed by atoms with Crippen molar-refractivity contribution in [2.75, 3.05) is 55.7 Å². The van der Waals surface area contributed by atoms with E-state index in [1.807, 2.05) is 6.92 Å². The summed E-state index contributed by atoms with van der Waals surface area (Å²) in [5.41, 5.74) is 0.965. The summed E-state index contributed by atoms with van der Waals surface area (Å²) in [5.74, 6) is 1.83. The minimum atomic E-state index is -0.327. The highest BCUT2D eigenvalue weighted by Gasteiger charge is 2.24. The molecule has 0 radical (unpaired) electrons. The Morgan fingerprint density at radius 3 is 2.37 bits per heavy atom. The predicted molar refractivity (Wildman–Crippen MR) is 114 cm³/mol. The summed E-state index contributed by atoms with van der Waals surface area (Å²) in [6.45, 7) is 6.62. The minimum absolute atomic E-state index is 0.0499. The lowest BCUT2D eigenvalue weighted by molar-refractivity contribution is -0.133. The Bertz CT molecular complexity index is 862. The largest absolute Gasteiger partial charge is 0.484 e. The second-order valence-corrected chi connectivity index (χ2v) is 7.83. The fourth-order valence-electron chi connectivity index (χ4n) is 3.89. The molecule has 0 saturated carbocycles. The van der Waals surface area contributed by atoms with E-state index in [9.17, 15) is 9.18 Å². The molecular formula is C22H28FN5O2. The molecule has 8 heteroatoms. The molecule has 0 atom stereocenters. The van der Waals surface area contributed by atoms with Crippen LogP contribution in [0, 0.1) is 12.7 Å². The van der Waals surface area contributed by atoms with E-state index in [0.717, 1.165) is 30.5 Å². The van der Waals surface area contributed by atoms with E-state index >= 15 is 0 Å². The standard InChI is InChI=1S/C22H28FN5O2/c1-17-15-20(26-9-3-2-4-10-26)25-22(24-17)28-13-11-27(12-14-28)21(29)16-30-19-7-5-18(23)6-8-19/h5-8,15H,2-4,9-14,16H2,1H3. The van der Waals surface area contributed by atoms with Crippen LogP contribution >= 0.6 is 0 Å². The number of hydrogen-bond donors (Lipinski definition) is 0. The van der Waals surface area contributed by atoms with Crippen LogP contribution in [0.25, 0.3) is 0 Å². The molecule has 1 aromatic carbocycles. The molecule has 4 rings (SSSR count). The van der Waals surface area contributed by atoms with Crippen LogP contribution in [0.4, 0.5) is 16.2 Å². The molecule has 160 valence electrons. The van der Waals surface area contributed by atoms with Crippen molar-refractivity contribution in [1.29, 1.82) is 0 Å². The number of hydrogen-bond acceptors (Lipinski definition) is 6. The highest BCUT2D eigenvalue weighted by molar-refractivity contribution is 5.78. The predicted octanol–water partition coefficient (Wildman–Crippen LogP) is 2.64. The van der Waals surface area contributed by atoms with E-state index in [1.165, 1.54) is 43.5 Å². The number of aryl methyl sites for hydroxylation is 1. The molecule has 3 heterocycles. The van der Waals surface area contributed by atoms with Gasteiger partial charge in [0.1, 0.15) is 17.4 Å². The van der Waals surface area contributed by atoms with Crippen molar-refractivity contribution in [1.82, 2.24) is 14.9 Å². The van der Waals surface area contributed by atoms with Crippen LogP contribution in [-0.4, -0.2) is 66.7 Å². The molecule has 1 aromatic heterocycles. The van der Waals surface area contributed by atoms with Gasteiger partial charge in [0, 0.05) is 51.0 Å². The molecule has 2 fully saturated rings. The maximum absolute atomic E-state index is 13.0. The minimum Gasteiger partial charge on any atom is -0.484 e. The Balaban J connectivity index is 1.32. The maximum Gasteiger partial charge on any atom is 0.260 e. The van der Waals surface area contributed by atoms with Crippen LogP contribution in [0.3, 0.4) is 0 Å². The van der Waals surface area contributed by atoms with Crippen molar-refractivity contribution in [3.05, 3.63) is 41.8 Å². The van der Waals surface area contributed by atoms with E-state index < -0.39 is 0 Å². The summed E-state index contributed by atoms with van der Waals surface area (Å²) < 4.78 is 18.4. The van der Waals surface area contributed by atoms with E-state index in [1.54, 1.807) is 4.90 Å². The summed E-state index contributed by atoms with van der Waals surface area (Å²) in [7, 11) is 0. The van der Waals surface area contributed by atoms with Gasteiger partial charge in [-0.05, 0) is 50.5 Å². The van der Waals surface area contributed by atoms with Crippen molar-refractivity contribution in [2.24, 2.45) is 0 Å². The number of halogens is 1. The van der Waals surface area contributed by atoms with Crippen molar-refractivity contribution in [2.45, 2.75) is 26.2 Å². The molecule has 30 heavy (non-hydrogen) atoms. The molecule has 0 unspecified atom stereocenters. The number of amides is 1. The molecule has 0 aliphatic carbocycles. The monoisotopic (exact) mass is 413 g/mol. The van der Waals surface area contributed by atoms with Gasteiger partial charge in [-0.25, -0.2) is 9.37 Å². The van der Waals surface area contributed by atoms with Gasteiger partial charge in [0.15, 0.2) is 6.61 Å². The summed E-state index contributed by atoms with van der Waals surface area (Å²) in [4.78, 5) is 28.2. The first kappa shape index (κ1) is 20.4. The number of nitrogens with zero attached hydrogens (tertiary/aromatic N) is 5. The lowest BCUT2D eigenvalue weighted by atomic mass is 10.1. The number of piperazine rings is 1. The van der Waals surface area contributed by atoms with E-state index in [0.29, 0.717) is 31.9 Å². The van der Waals surface area contributed by atoms with Gasteiger partial charge in [0.25, 0.3) is 5.91 Å². The fraction of sp³-hybridized carbons (Fsp3) is 0.500. The average Bonchev–Trinajstić information content (AvgIpc) is 2.79. The van der Waals surface area contributed by atoms with Crippen molar-refractivity contribution in [3.63, 3.8) is 0 Å². The van der Waals surface area contributed by atoms with Gasteiger partial charge < -0.3 is 19.4 Å². The smallest absolute Gasteiger partial charge is 0.260 e. The van der Waals surface area contributed by atoms with Gasteiger partial charge in [-0.2, -0.15) is 4.98 Å². The Hall–Kier alpha value is -2.90. The van der Waals surface area contributed by atoms with Crippen LogP contribution in [0.15, 0.2) is 30.3 Å². The highest BCUT2D eigenvalue weighted by atomic mass is 19.1. The Kier molecular flexibility index (Phi) is 6.30. The van der Waals surface area contributed by atoms with E-state index in [2.05, 4.69) is 20.9 Å². The molecule has 0 spiro atoms. The zero-order valence-electron chi connectivity index (χ0n) is 17.4. The number of carbonyl (C=O) groups excluding carboxylic acids is 1. The first-order valence-corrected chi connectivity index (χ1v) is 10.6. The molecule has 7 nitrogen and oxygen atoms in total. The molecule has 0 bridgehead atoms. The molecule has 1 amide bonds. The van der Waals surface area contributed by atoms with Crippen molar-refractivity contribution in [3.8, 4) is 5.75 Å². The first-order chi connectivity index (χ1) is 14.6. The van der Waals surface area contributed by atoms with Gasteiger partial charge in [0.05, 0.1) is 0 Å². The molecule has 2 aromatic rings. The van der Waals surface area contributed by atoms with Gasteiger partial charge in [0.2, 0.25) is 5.95 Å². The summed E-state index contributed by atoms with van der Waals surface area (Å²) >= 11 is 0. The van der Waals surface area contributed by atoms with Gasteiger partial charge in [-0.1, -0.05) is 0 Å². The van der Waals surface area contributed by atoms with Crippen LogP contribution in [-0.2, 0) is 4.79 Å². The van der Waals surface area contributed by atoms with Crippen molar-refractivity contribution < 1.29 is 13.9 Å². The maximum atomic E-state index is 13.0. The number of benzene rings is 1. The van der Waals surface area contributed by atoms with E-state index in [4.69, 9.17) is 9.72 Å². The van der Waals surface area contributed by atoms with Gasteiger partial charge >= 0.3 is 0 Å². The average molecular weight is 413 g/mol. The number of aromatic nitrogens is 2. The Morgan fingerprint density at radius 2 is 1.67 bits per heavy atom. The number of ether oxygens (including phenoxy) is 1. The third-order valence-corrected chi connectivity index (χ3v) is 5.60. The summed E-state index contributed by atoms with van der Waals surface area (Å²) in [6, 6.07) is 7.74. The molecule has 0 N–H and O–H groups in total. The SMILES string of the molecule is Cc1cc(N2CCCCC2)nc(N2CCN(C(=O)COc3ccc(F)cc3)CC2)n1. The van der Waals surface area contributed by atoms with Gasteiger partial charge in [-0.3, -0.25) is 4.79 Å². The van der Waals surface area contributed by atoms with Crippen LogP contribution in [0.2, 0.25) is 0 Å². The Labute approximate surface area is 176 Å². The van der Waals surface area contributed by atoms with Gasteiger partial charge in [-0.15, -0.1) is 0 Å².